The number of ether oxygens (including phenoxy) is 2. The van der Waals surface area contributed by atoms with Crippen LogP contribution in [-0.2, 0) is 4.74 Å². The van der Waals surface area contributed by atoms with Gasteiger partial charge >= 0.3 is 5.97 Å². The highest BCUT2D eigenvalue weighted by atomic mass is 16.5. The van der Waals surface area contributed by atoms with Gasteiger partial charge in [0.15, 0.2) is 5.56 Å². The van der Waals surface area contributed by atoms with E-state index in [1.807, 2.05) is 18.2 Å². The Morgan fingerprint density at radius 3 is 2.43 bits per heavy atom. The first-order chi connectivity index (χ1) is 10.2. The summed E-state index contributed by atoms with van der Waals surface area (Å²) >= 11 is 0. The van der Waals surface area contributed by atoms with E-state index in [2.05, 4.69) is 0 Å². The lowest BCUT2D eigenvalue weighted by atomic mass is 10.2. The molecule has 2 rings (SSSR count). The van der Waals surface area contributed by atoms with Crippen molar-refractivity contribution in [3.8, 4) is 11.4 Å². The zero-order valence-electron chi connectivity index (χ0n) is 12.0. The quantitative estimate of drug-likeness (QED) is 0.792. The summed E-state index contributed by atoms with van der Waals surface area (Å²) in [5.41, 5.74) is 0.145. The van der Waals surface area contributed by atoms with Gasteiger partial charge in [-0.05, 0) is 32.0 Å². The van der Waals surface area contributed by atoms with Crippen LogP contribution in [0.25, 0.3) is 5.69 Å². The van der Waals surface area contributed by atoms with Crippen LogP contribution in [0.2, 0.25) is 0 Å². The highest BCUT2D eigenvalue weighted by Gasteiger charge is 2.20. The molecule has 21 heavy (non-hydrogen) atoms. The third kappa shape index (κ3) is 3.13. The largest absolute Gasteiger partial charge is 0.493 e. The molecule has 5 heteroatoms. The van der Waals surface area contributed by atoms with Crippen LogP contribution in [0.5, 0.6) is 5.75 Å². The number of rotatable bonds is 5. The molecule has 0 spiro atoms. The standard InChI is InChI=1S/C16H17NO4/c1-3-20-13-10-11-17(12-8-6-5-7-9-12)15(18)14(13)16(19)21-4-2/h5-11H,3-4H2,1-2H3. The molecule has 1 aromatic heterocycles. The van der Waals surface area contributed by atoms with E-state index in [1.165, 1.54) is 4.57 Å². The minimum absolute atomic E-state index is 0.0787. The summed E-state index contributed by atoms with van der Waals surface area (Å²) in [6.45, 7) is 4.04. The Hall–Kier alpha value is -2.56. The molecule has 0 atom stereocenters. The van der Waals surface area contributed by atoms with Gasteiger partial charge in [-0.25, -0.2) is 4.79 Å². The lowest BCUT2D eigenvalue weighted by Crippen LogP contribution is -2.27. The van der Waals surface area contributed by atoms with E-state index in [0.29, 0.717) is 12.3 Å². The molecule has 0 unspecified atom stereocenters. The summed E-state index contributed by atoms with van der Waals surface area (Å²) in [6, 6.07) is 10.7. The molecule has 0 fully saturated rings. The molecule has 5 nitrogen and oxygen atoms in total. The number of benzene rings is 1. The number of aromatic nitrogens is 1. The van der Waals surface area contributed by atoms with E-state index < -0.39 is 11.5 Å². The first-order valence-corrected chi connectivity index (χ1v) is 6.80. The van der Waals surface area contributed by atoms with Crippen LogP contribution in [0.15, 0.2) is 47.4 Å². The van der Waals surface area contributed by atoms with Crippen molar-refractivity contribution >= 4 is 5.97 Å². The van der Waals surface area contributed by atoms with Gasteiger partial charge in [-0.3, -0.25) is 9.36 Å². The van der Waals surface area contributed by atoms with Gasteiger partial charge in [0.25, 0.3) is 5.56 Å². The zero-order chi connectivity index (χ0) is 15.2. The summed E-state index contributed by atoms with van der Waals surface area (Å²) in [5.74, 6) is -0.427. The van der Waals surface area contributed by atoms with E-state index in [9.17, 15) is 9.59 Å². The van der Waals surface area contributed by atoms with E-state index in [0.717, 1.165) is 0 Å². The Kier molecular flexibility index (Phi) is 4.77. The maximum absolute atomic E-state index is 12.6. The molecular weight excluding hydrogens is 270 g/mol. The lowest BCUT2D eigenvalue weighted by molar-refractivity contribution is 0.0519. The predicted octanol–water partition coefficient (Wildman–Crippen LogP) is 2.41. The maximum Gasteiger partial charge on any atom is 0.347 e. The highest BCUT2D eigenvalue weighted by Crippen LogP contribution is 2.17. The fraction of sp³-hybridized carbons (Fsp3) is 0.250. The Bertz CT molecular complexity index is 676. The molecule has 0 aliphatic heterocycles. The van der Waals surface area contributed by atoms with Crippen molar-refractivity contribution in [2.75, 3.05) is 13.2 Å². The van der Waals surface area contributed by atoms with Crippen LogP contribution in [0, 0.1) is 0 Å². The van der Waals surface area contributed by atoms with Gasteiger partial charge in [0.05, 0.1) is 13.2 Å². The van der Waals surface area contributed by atoms with Crippen LogP contribution in [0.4, 0.5) is 0 Å². The van der Waals surface area contributed by atoms with Crippen molar-refractivity contribution in [1.82, 2.24) is 4.57 Å². The highest BCUT2D eigenvalue weighted by molar-refractivity contribution is 5.92. The first-order valence-electron chi connectivity index (χ1n) is 6.80. The number of para-hydroxylation sites is 1. The van der Waals surface area contributed by atoms with Crippen molar-refractivity contribution in [2.24, 2.45) is 0 Å². The second-order valence-electron chi connectivity index (χ2n) is 4.22. The first kappa shape index (κ1) is 14.8. The second-order valence-corrected chi connectivity index (χ2v) is 4.22. The molecule has 0 bridgehead atoms. The molecular formula is C16H17NO4. The number of hydrogen-bond donors (Lipinski definition) is 0. The van der Waals surface area contributed by atoms with Crippen molar-refractivity contribution < 1.29 is 14.3 Å². The maximum atomic E-state index is 12.6. The summed E-state index contributed by atoms with van der Waals surface area (Å²) in [4.78, 5) is 24.6. The van der Waals surface area contributed by atoms with Crippen LogP contribution in [-0.4, -0.2) is 23.8 Å². The molecule has 0 N–H and O–H groups in total. The van der Waals surface area contributed by atoms with E-state index in [4.69, 9.17) is 9.47 Å². The minimum atomic E-state index is -0.670. The Balaban J connectivity index is 2.59. The van der Waals surface area contributed by atoms with Gasteiger partial charge in [0.1, 0.15) is 5.75 Å². The molecule has 0 aliphatic carbocycles. The number of carbonyl (C=O) groups excluding carboxylic acids is 1. The zero-order valence-corrected chi connectivity index (χ0v) is 12.0. The number of nitrogens with zero attached hydrogens (tertiary/aromatic N) is 1. The van der Waals surface area contributed by atoms with Gasteiger partial charge in [-0.15, -0.1) is 0 Å². The number of esters is 1. The van der Waals surface area contributed by atoms with Gasteiger partial charge in [-0.1, -0.05) is 18.2 Å². The third-order valence-electron chi connectivity index (χ3n) is 2.87. The van der Waals surface area contributed by atoms with Crippen LogP contribution in [0.3, 0.4) is 0 Å². The van der Waals surface area contributed by atoms with Crippen molar-refractivity contribution in [1.29, 1.82) is 0 Å². The monoisotopic (exact) mass is 287 g/mol. The second kappa shape index (κ2) is 6.74. The van der Waals surface area contributed by atoms with Crippen molar-refractivity contribution in [3.05, 3.63) is 58.5 Å². The van der Waals surface area contributed by atoms with E-state index >= 15 is 0 Å². The topological polar surface area (TPSA) is 57.5 Å². The molecule has 2 aromatic rings. The average Bonchev–Trinajstić information content (AvgIpc) is 2.49. The fourth-order valence-electron chi connectivity index (χ4n) is 1.98. The normalized spacial score (nSPS) is 10.2. The summed E-state index contributed by atoms with van der Waals surface area (Å²) in [6.07, 6.45) is 1.59. The van der Waals surface area contributed by atoms with E-state index in [-0.39, 0.29) is 17.9 Å². The SMILES string of the molecule is CCOC(=O)c1c(OCC)ccn(-c2ccccc2)c1=O. The van der Waals surface area contributed by atoms with Crippen molar-refractivity contribution in [2.45, 2.75) is 13.8 Å². The molecule has 1 aromatic carbocycles. The third-order valence-corrected chi connectivity index (χ3v) is 2.87. The molecule has 1 heterocycles. The fourth-order valence-corrected chi connectivity index (χ4v) is 1.98. The van der Waals surface area contributed by atoms with Gasteiger partial charge in [0, 0.05) is 11.9 Å². The molecule has 0 saturated heterocycles. The minimum Gasteiger partial charge on any atom is -0.493 e. The Labute approximate surface area is 122 Å². The van der Waals surface area contributed by atoms with Gasteiger partial charge in [-0.2, -0.15) is 0 Å². The van der Waals surface area contributed by atoms with Crippen molar-refractivity contribution in [3.63, 3.8) is 0 Å². The Morgan fingerprint density at radius 1 is 1.10 bits per heavy atom. The number of pyridine rings is 1. The smallest absolute Gasteiger partial charge is 0.347 e. The number of carbonyl (C=O) groups is 1. The molecule has 110 valence electrons. The molecule has 0 radical (unpaired) electrons. The van der Waals surface area contributed by atoms with Crippen LogP contribution >= 0.6 is 0 Å². The van der Waals surface area contributed by atoms with E-state index in [1.54, 1.807) is 38.2 Å². The summed E-state index contributed by atoms with van der Waals surface area (Å²) < 4.78 is 11.7. The summed E-state index contributed by atoms with van der Waals surface area (Å²) in [5, 5.41) is 0. The average molecular weight is 287 g/mol. The molecule has 0 amide bonds. The number of hydrogen-bond acceptors (Lipinski definition) is 4. The lowest BCUT2D eigenvalue weighted by Gasteiger charge is -2.12. The van der Waals surface area contributed by atoms with Gasteiger partial charge < -0.3 is 9.47 Å². The van der Waals surface area contributed by atoms with Crippen LogP contribution in [0.1, 0.15) is 24.2 Å². The molecule has 0 aliphatic rings. The van der Waals surface area contributed by atoms with Gasteiger partial charge in [0.2, 0.25) is 0 Å². The Morgan fingerprint density at radius 2 is 1.81 bits per heavy atom. The van der Waals surface area contributed by atoms with Crippen LogP contribution < -0.4 is 10.3 Å². The summed E-state index contributed by atoms with van der Waals surface area (Å²) in [7, 11) is 0. The predicted molar refractivity (Wildman–Crippen MR) is 79.2 cm³/mol. The molecule has 0 saturated carbocycles.